The Morgan fingerprint density at radius 3 is 0.443 bits per heavy atom. The summed E-state index contributed by atoms with van der Waals surface area (Å²) in [5.41, 5.74) is 0. The third-order valence-corrected chi connectivity index (χ3v) is 18.7. The van der Waals surface area contributed by atoms with Crippen molar-refractivity contribution < 1.29 is 157 Å². The summed E-state index contributed by atoms with van der Waals surface area (Å²) in [5.74, 6) is 0. The lowest BCUT2D eigenvalue weighted by molar-refractivity contribution is -0.396. The second kappa shape index (κ2) is 30.2. The van der Waals surface area contributed by atoms with Gasteiger partial charge in [-0.25, -0.2) is 0 Å². The predicted molar refractivity (Wildman–Crippen MR) is 287 cm³/mol. The van der Waals surface area contributed by atoms with Crippen LogP contribution in [0, 0.1) is 0 Å². The number of hydrogen-bond acceptors (Lipinski definition) is 32. The smallest absolute Gasteiger partial charge is 0.187 e. The zero-order chi connectivity index (χ0) is 64.1. The maximum atomic E-state index is 11.9. The van der Waals surface area contributed by atoms with Gasteiger partial charge in [0.05, 0.1) is 48.8 Å². The van der Waals surface area contributed by atoms with Gasteiger partial charge < -0.3 is 157 Å². The van der Waals surface area contributed by atoms with Crippen LogP contribution in [0.3, 0.4) is 0 Å². The van der Waals surface area contributed by atoms with Gasteiger partial charge >= 0.3 is 0 Å². The van der Waals surface area contributed by atoms with E-state index < -0.39 is 246 Å². The third-order valence-electron chi connectivity index (χ3n) is 18.7. The van der Waals surface area contributed by atoms with Gasteiger partial charge in [-0.3, -0.25) is 0 Å². The van der Waals surface area contributed by atoms with E-state index in [1.807, 2.05) is 0 Å². The van der Waals surface area contributed by atoms with Crippen LogP contribution in [0.5, 0.6) is 0 Å². The monoisotopic (exact) mass is 1280 g/mol. The van der Waals surface area contributed by atoms with E-state index in [2.05, 4.69) is 0 Å². The molecule has 19 rings (SSSR count). The average molecular weight is 1280 g/mol. The van der Waals surface area contributed by atoms with E-state index in [0.29, 0.717) is 0 Å². The number of aliphatic hydroxyl groups excluding tert-OH is 16. The Labute approximate surface area is 508 Å². The van der Waals surface area contributed by atoms with E-state index in [0.717, 1.165) is 0 Å². The van der Waals surface area contributed by atoms with Crippen molar-refractivity contribution in [2.75, 3.05) is 0 Å². The summed E-state index contributed by atoms with van der Waals surface area (Å²) < 4.78 is 97.9. The molecule has 0 aliphatic carbocycles. The molecule has 40 atom stereocenters. The SMILES string of the molecule is CCC1O[C@H]2O[C@@H]3C(CC)O[C@H](O[C@@H]4C(CC)O[C@H](O[C@@H]5C(CC)O[C@H](O[C@@H]6C(CC)O[C@H](O[C@@H]7C(CC)O[C@H](O[C@@H]8C(CC)O[C@H](O[C@@H]9C(CC)O[C@H](O[C@H](C2O)[C@@H]1O)C(O)[C@H]9O)C(O)[C@H]8O)C(O)[C@H]7O)C(O)[C@H]6O)C(O)[C@H]5O)C(O)[C@H]4O)C(O)[C@H]3O. The highest BCUT2D eigenvalue weighted by atomic mass is 16.8. The standard InChI is InChI=1S/C56H96O32/c1-9-17-25(57)48-40(72)56(73-17)87-47-24(16-8)79-54(38(70)31(47)63)85-45-22(14-6)77-52(36(68)29(45)61)83-43-20(12-4)75-50(34(66)27(43)59)81-41-18(10-2)74-49(33(65)26(41)58)82-42-19(11-3)76-51(35(67)28(42)60)84-44-21(13-5)78-53(37(69)30(44)62)86-46-23(15-7)80-55(88-48)39(71)32(46)64/h17-72H,9-16H2,1-8H3/t17?,18?,19?,20?,21?,22?,23?,24?,25-,26-,27-,28-,29-,30-,31-,32-,33?,34?,35?,36?,37?,38?,39?,40?,41-,42-,43-,44-,45-,46-,47-,48+,49-,50-,51-,52-,53-,54-,55-,56+/m1/s1. The number of ether oxygens (including phenoxy) is 16. The van der Waals surface area contributed by atoms with E-state index in [1.165, 1.54) is 0 Å². The van der Waals surface area contributed by atoms with Crippen molar-refractivity contribution in [1.29, 1.82) is 0 Å². The van der Waals surface area contributed by atoms with Crippen LogP contribution in [0.25, 0.3) is 0 Å². The van der Waals surface area contributed by atoms with E-state index >= 15 is 0 Å². The average Bonchev–Trinajstić information content (AvgIpc) is 1.70. The molecule has 32 heteroatoms. The van der Waals surface area contributed by atoms with Crippen molar-refractivity contribution in [2.24, 2.45) is 0 Å². The van der Waals surface area contributed by atoms with E-state index in [9.17, 15) is 81.7 Å². The van der Waals surface area contributed by atoms with Gasteiger partial charge in [0.25, 0.3) is 0 Å². The van der Waals surface area contributed by atoms with Crippen LogP contribution in [0.4, 0.5) is 0 Å². The van der Waals surface area contributed by atoms with E-state index in [-0.39, 0.29) is 51.4 Å². The summed E-state index contributed by atoms with van der Waals surface area (Å²) >= 11 is 0. The minimum Gasteiger partial charge on any atom is -0.388 e. The molecule has 16 N–H and O–H groups in total. The Kier molecular flexibility index (Phi) is 24.4. The molecule has 0 aromatic heterocycles. The molecule has 19 heterocycles. The molecule has 19 aliphatic rings. The Hall–Kier alpha value is -1.28. The Bertz CT molecular complexity index is 2130. The second-order valence-corrected chi connectivity index (χ2v) is 24.3. The second-order valence-electron chi connectivity index (χ2n) is 24.3. The summed E-state index contributed by atoms with van der Waals surface area (Å²) in [6, 6.07) is 0. The molecule has 0 aromatic rings. The van der Waals surface area contributed by atoms with Crippen molar-refractivity contribution in [1.82, 2.24) is 0 Å². The van der Waals surface area contributed by atoms with Crippen LogP contribution in [0.1, 0.15) is 107 Å². The fourth-order valence-electron chi connectivity index (χ4n) is 13.4. The van der Waals surface area contributed by atoms with Gasteiger partial charge in [-0.1, -0.05) is 55.4 Å². The molecule has 16 bridgehead atoms. The molecule has 88 heavy (non-hydrogen) atoms. The van der Waals surface area contributed by atoms with Crippen molar-refractivity contribution >= 4 is 0 Å². The Morgan fingerprint density at radius 2 is 0.284 bits per heavy atom. The number of rotatable bonds is 8. The lowest BCUT2D eigenvalue weighted by Gasteiger charge is -2.50. The third kappa shape index (κ3) is 13.9. The largest absolute Gasteiger partial charge is 0.388 e. The van der Waals surface area contributed by atoms with Gasteiger partial charge in [0.2, 0.25) is 0 Å². The highest BCUT2D eigenvalue weighted by Crippen LogP contribution is 2.41. The number of aliphatic hydroxyl groups is 16. The summed E-state index contributed by atoms with van der Waals surface area (Å²) in [4.78, 5) is 0. The Balaban J connectivity index is 0.990. The van der Waals surface area contributed by atoms with Crippen LogP contribution in [0.15, 0.2) is 0 Å². The molecule has 512 valence electrons. The fourth-order valence-corrected chi connectivity index (χ4v) is 13.4. The zero-order valence-electron chi connectivity index (χ0n) is 50.4. The predicted octanol–water partition coefficient (Wildman–Crippen LogP) is -6.06. The maximum Gasteiger partial charge on any atom is 0.187 e. The Morgan fingerprint density at radius 1 is 0.148 bits per heavy atom. The van der Waals surface area contributed by atoms with E-state index in [1.54, 1.807) is 55.4 Å². The van der Waals surface area contributed by atoms with Crippen molar-refractivity contribution in [3.8, 4) is 0 Å². The molecule has 0 radical (unpaired) electrons. The minimum atomic E-state index is -1.98. The van der Waals surface area contributed by atoms with Gasteiger partial charge in [-0.05, 0) is 51.4 Å². The molecule has 16 unspecified atom stereocenters. The first-order valence-electron chi connectivity index (χ1n) is 31.3. The molecule has 0 saturated carbocycles. The lowest BCUT2D eigenvalue weighted by Crippen LogP contribution is -2.67. The van der Waals surface area contributed by atoms with Crippen molar-refractivity contribution in [3.63, 3.8) is 0 Å². The van der Waals surface area contributed by atoms with Crippen LogP contribution in [-0.4, -0.2) is 327 Å². The summed E-state index contributed by atoms with van der Waals surface area (Å²) in [7, 11) is 0. The van der Waals surface area contributed by atoms with Crippen LogP contribution < -0.4 is 0 Å². The van der Waals surface area contributed by atoms with Gasteiger partial charge in [0.15, 0.2) is 50.3 Å². The van der Waals surface area contributed by atoms with Crippen molar-refractivity contribution in [2.45, 2.75) is 352 Å². The molecule has 19 aliphatic heterocycles. The molecule has 0 spiro atoms. The molecule has 19 fully saturated rings. The summed E-state index contributed by atoms with van der Waals surface area (Å²) in [6.45, 7) is 13.2. The number of fused-ring (bicyclic) bond motifs is 1. The first-order chi connectivity index (χ1) is 41.9. The van der Waals surface area contributed by atoms with Gasteiger partial charge in [-0.2, -0.15) is 0 Å². The summed E-state index contributed by atoms with van der Waals surface area (Å²) in [5, 5.41) is 186. The molecule has 0 amide bonds. The lowest BCUT2D eigenvalue weighted by atomic mass is 9.93. The molecule has 19 saturated heterocycles. The highest BCUT2D eigenvalue weighted by Gasteiger charge is 2.60. The topological polar surface area (TPSA) is 471 Å². The van der Waals surface area contributed by atoms with E-state index in [4.69, 9.17) is 75.8 Å². The quantitative estimate of drug-likeness (QED) is 0.108. The molecular weight excluding hydrogens is 1180 g/mol. The normalized spacial score (nSPS) is 55.4. The first kappa shape index (κ1) is 71.0. The fraction of sp³-hybridized carbons (Fsp3) is 1.00. The highest BCUT2D eigenvalue weighted by molar-refractivity contribution is 5.02. The van der Waals surface area contributed by atoms with Crippen LogP contribution in [-0.2, 0) is 75.8 Å². The summed E-state index contributed by atoms with van der Waals surface area (Å²) in [6.07, 6.45) is -64.2. The maximum absolute atomic E-state index is 11.9. The number of hydrogen-bond donors (Lipinski definition) is 16. The first-order valence-corrected chi connectivity index (χ1v) is 31.3. The van der Waals surface area contributed by atoms with Gasteiger partial charge in [0, 0.05) is 0 Å². The van der Waals surface area contributed by atoms with Crippen LogP contribution in [0.2, 0.25) is 0 Å². The molecule has 32 nitrogen and oxygen atoms in total. The molecule has 0 aromatic carbocycles. The molecular formula is C56H96O32. The minimum absolute atomic E-state index is 0.0615. The van der Waals surface area contributed by atoms with Crippen LogP contribution >= 0.6 is 0 Å². The van der Waals surface area contributed by atoms with Gasteiger partial charge in [0.1, 0.15) is 146 Å². The van der Waals surface area contributed by atoms with Crippen molar-refractivity contribution in [3.05, 3.63) is 0 Å². The zero-order valence-corrected chi connectivity index (χ0v) is 50.4. The van der Waals surface area contributed by atoms with Gasteiger partial charge in [-0.15, -0.1) is 0 Å².